The number of amides is 1. The smallest absolute Gasteiger partial charge is 0.234 e. The maximum atomic E-state index is 12.6. The Morgan fingerprint density at radius 2 is 1.96 bits per heavy atom. The summed E-state index contributed by atoms with van der Waals surface area (Å²) in [6, 6.07) is 6.16. The number of nitrogens with zero attached hydrogens (tertiary/aromatic N) is 2. The van der Waals surface area contributed by atoms with E-state index in [9.17, 15) is 4.79 Å². The van der Waals surface area contributed by atoms with Crippen molar-refractivity contribution >= 4 is 29.1 Å². The van der Waals surface area contributed by atoms with E-state index in [2.05, 4.69) is 29.0 Å². The van der Waals surface area contributed by atoms with Gasteiger partial charge in [-0.25, -0.2) is 0 Å². The Morgan fingerprint density at radius 1 is 1.26 bits per heavy atom. The highest BCUT2D eigenvalue weighted by Gasteiger charge is 2.32. The summed E-state index contributed by atoms with van der Waals surface area (Å²) in [7, 11) is 0. The number of hydrogen-bond acceptors (Lipinski definition) is 4. The first-order valence-corrected chi connectivity index (χ1v) is 10.4. The highest BCUT2D eigenvalue weighted by Crippen LogP contribution is 2.29. The number of morpholine rings is 1. The Balaban J connectivity index is 1.52. The Labute approximate surface area is 171 Å². The van der Waals surface area contributed by atoms with Gasteiger partial charge in [-0.2, -0.15) is 0 Å². The molecule has 0 radical (unpaired) electrons. The highest BCUT2D eigenvalue weighted by atomic mass is 35.5. The average molecular weight is 414 g/mol. The van der Waals surface area contributed by atoms with Crippen molar-refractivity contribution in [1.82, 2.24) is 15.1 Å². The van der Waals surface area contributed by atoms with Gasteiger partial charge in [0, 0.05) is 37.8 Å². The van der Waals surface area contributed by atoms with Crippen LogP contribution in [0.5, 0.6) is 0 Å². The summed E-state index contributed by atoms with van der Waals surface area (Å²) in [4.78, 5) is 17.2. The largest absolute Gasteiger partial charge is 0.379 e. The molecular formula is C20H29Cl2N3O2. The van der Waals surface area contributed by atoms with E-state index in [-0.39, 0.29) is 11.4 Å². The molecule has 0 spiro atoms. The summed E-state index contributed by atoms with van der Waals surface area (Å²) in [5.41, 5.74) is 1.01. The van der Waals surface area contributed by atoms with Crippen molar-refractivity contribution in [3.05, 3.63) is 33.8 Å². The SMILES string of the molecule is CC(C)(CNC(=O)CN(Cc1ccc(Cl)c(Cl)c1)C1CC1)N1CCOCC1. The summed E-state index contributed by atoms with van der Waals surface area (Å²) < 4.78 is 5.43. The molecule has 1 aliphatic carbocycles. The van der Waals surface area contributed by atoms with E-state index in [0.717, 1.165) is 44.7 Å². The molecule has 7 heteroatoms. The summed E-state index contributed by atoms with van der Waals surface area (Å²) in [6.45, 7) is 9.44. The Morgan fingerprint density at radius 3 is 2.59 bits per heavy atom. The minimum atomic E-state index is -0.0758. The predicted molar refractivity (Wildman–Crippen MR) is 109 cm³/mol. The molecule has 1 aliphatic heterocycles. The average Bonchev–Trinajstić information content (AvgIpc) is 3.49. The van der Waals surface area contributed by atoms with E-state index >= 15 is 0 Å². The topological polar surface area (TPSA) is 44.8 Å². The van der Waals surface area contributed by atoms with Gasteiger partial charge >= 0.3 is 0 Å². The van der Waals surface area contributed by atoms with Gasteiger partial charge in [0.2, 0.25) is 5.91 Å². The molecule has 1 aromatic rings. The number of carbonyl (C=O) groups is 1. The van der Waals surface area contributed by atoms with Crippen molar-refractivity contribution in [2.24, 2.45) is 0 Å². The van der Waals surface area contributed by atoms with E-state index in [1.165, 1.54) is 0 Å². The van der Waals surface area contributed by atoms with Gasteiger partial charge in [0.1, 0.15) is 0 Å². The van der Waals surface area contributed by atoms with Gasteiger partial charge < -0.3 is 10.1 Å². The van der Waals surface area contributed by atoms with Crippen LogP contribution in [0.3, 0.4) is 0 Å². The number of ether oxygens (including phenoxy) is 1. The molecule has 0 bridgehead atoms. The minimum Gasteiger partial charge on any atom is -0.379 e. The molecule has 1 aromatic carbocycles. The zero-order chi connectivity index (χ0) is 19.4. The third kappa shape index (κ3) is 6.06. The van der Waals surface area contributed by atoms with Crippen LogP contribution in [0, 0.1) is 0 Å². The number of benzene rings is 1. The Hall–Kier alpha value is -0.850. The van der Waals surface area contributed by atoms with Crippen LogP contribution in [-0.4, -0.2) is 66.7 Å². The molecule has 2 aliphatic rings. The molecule has 150 valence electrons. The Kier molecular flexibility index (Phi) is 7.03. The predicted octanol–water partition coefficient (Wildman–Crippen LogP) is 3.18. The van der Waals surface area contributed by atoms with Crippen LogP contribution in [0.1, 0.15) is 32.3 Å². The molecule has 0 atom stereocenters. The van der Waals surface area contributed by atoms with Gasteiger partial charge in [0.25, 0.3) is 0 Å². The van der Waals surface area contributed by atoms with Gasteiger partial charge in [0.05, 0.1) is 29.8 Å². The molecule has 1 N–H and O–H groups in total. The van der Waals surface area contributed by atoms with Crippen molar-refractivity contribution in [1.29, 1.82) is 0 Å². The number of rotatable bonds is 8. The second-order valence-electron chi connectivity index (χ2n) is 8.07. The van der Waals surface area contributed by atoms with Gasteiger partial charge in [-0.3, -0.25) is 14.6 Å². The van der Waals surface area contributed by atoms with Crippen LogP contribution in [-0.2, 0) is 16.1 Å². The van der Waals surface area contributed by atoms with Crippen molar-refractivity contribution in [3.8, 4) is 0 Å². The molecule has 1 heterocycles. The lowest BCUT2D eigenvalue weighted by atomic mass is 10.0. The van der Waals surface area contributed by atoms with Crippen molar-refractivity contribution in [2.45, 2.75) is 44.8 Å². The zero-order valence-corrected chi connectivity index (χ0v) is 17.7. The van der Waals surface area contributed by atoms with Crippen LogP contribution in [0.2, 0.25) is 10.0 Å². The molecule has 2 fully saturated rings. The quantitative estimate of drug-likeness (QED) is 0.710. The third-order valence-corrected chi connectivity index (χ3v) is 6.10. The standard InChI is InChI=1S/C20H29Cl2N3O2/c1-20(2,25-7-9-27-10-8-25)14-23-19(26)13-24(16-4-5-16)12-15-3-6-17(21)18(22)11-15/h3,6,11,16H,4-5,7-10,12-14H2,1-2H3,(H,23,26). The fraction of sp³-hybridized carbons (Fsp3) is 0.650. The number of carbonyl (C=O) groups excluding carboxylic acids is 1. The molecule has 0 unspecified atom stereocenters. The van der Waals surface area contributed by atoms with Gasteiger partial charge in [0.15, 0.2) is 0 Å². The minimum absolute atomic E-state index is 0.0725. The van der Waals surface area contributed by atoms with E-state index < -0.39 is 0 Å². The van der Waals surface area contributed by atoms with Crippen molar-refractivity contribution in [3.63, 3.8) is 0 Å². The summed E-state index contributed by atoms with van der Waals surface area (Å²) in [5, 5.41) is 4.24. The first-order chi connectivity index (χ1) is 12.8. The Bertz CT molecular complexity index is 659. The number of nitrogens with one attached hydrogen (secondary N) is 1. The third-order valence-electron chi connectivity index (χ3n) is 5.36. The summed E-state index contributed by atoms with van der Waals surface area (Å²) in [5.74, 6) is 0.0725. The molecule has 3 rings (SSSR count). The molecule has 27 heavy (non-hydrogen) atoms. The lowest BCUT2D eigenvalue weighted by molar-refractivity contribution is -0.123. The van der Waals surface area contributed by atoms with Crippen molar-refractivity contribution in [2.75, 3.05) is 39.4 Å². The fourth-order valence-corrected chi connectivity index (χ4v) is 3.78. The van der Waals surface area contributed by atoms with E-state index in [1.807, 2.05) is 18.2 Å². The van der Waals surface area contributed by atoms with Crippen LogP contribution in [0.4, 0.5) is 0 Å². The molecule has 5 nitrogen and oxygen atoms in total. The van der Waals surface area contributed by atoms with Crippen LogP contribution < -0.4 is 5.32 Å². The molecule has 0 aromatic heterocycles. The van der Waals surface area contributed by atoms with Crippen LogP contribution in [0.15, 0.2) is 18.2 Å². The van der Waals surface area contributed by atoms with E-state index in [0.29, 0.717) is 35.7 Å². The summed E-state index contributed by atoms with van der Waals surface area (Å²) >= 11 is 12.1. The first-order valence-electron chi connectivity index (χ1n) is 9.62. The summed E-state index contributed by atoms with van der Waals surface area (Å²) in [6.07, 6.45) is 2.29. The van der Waals surface area contributed by atoms with Crippen LogP contribution >= 0.6 is 23.2 Å². The fourth-order valence-electron chi connectivity index (χ4n) is 3.46. The van der Waals surface area contributed by atoms with Gasteiger partial charge in [-0.05, 0) is 44.4 Å². The lowest BCUT2D eigenvalue weighted by Crippen LogP contribution is -2.56. The lowest BCUT2D eigenvalue weighted by Gasteiger charge is -2.41. The van der Waals surface area contributed by atoms with Crippen LogP contribution in [0.25, 0.3) is 0 Å². The van der Waals surface area contributed by atoms with Gasteiger partial charge in [-0.1, -0.05) is 29.3 Å². The molecule has 1 saturated carbocycles. The van der Waals surface area contributed by atoms with E-state index in [1.54, 1.807) is 0 Å². The molecular weight excluding hydrogens is 385 g/mol. The van der Waals surface area contributed by atoms with Gasteiger partial charge in [-0.15, -0.1) is 0 Å². The molecule has 1 saturated heterocycles. The highest BCUT2D eigenvalue weighted by molar-refractivity contribution is 6.42. The number of halogens is 2. The number of hydrogen-bond donors (Lipinski definition) is 1. The second-order valence-corrected chi connectivity index (χ2v) is 8.89. The normalized spacial score (nSPS) is 18.7. The monoisotopic (exact) mass is 413 g/mol. The second kappa shape index (κ2) is 9.10. The van der Waals surface area contributed by atoms with E-state index in [4.69, 9.17) is 27.9 Å². The van der Waals surface area contributed by atoms with Crippen molar-refractivity contribution < 1.29 is 9.53 Å². The maximum Gasteiger partial charge on any atom is 0.234 e. The first kappa shape index (κ1) is 20.9. The zero-order valence-electron chi connectivity index (χ0n) is 16.1. The molecule has 1 amide bonds. The maximum absolute atomic E-state index is 12.6.